The third-order valence-corrected chi connectivity index (χ3v) is 7.49. The van der Waals surface area contributed by atoms with E-state index in [1.54, 1.807) is 55.5 Å². The number of thiophene rings is 1. The van der Waals surface area contributed by atoms with Crippen LogP contribution in [0.25, 0.3) is 0 Å². The van der Waals surface area contributed by atoms with Crippen LogP contribution in [0.15, 0.2) is 53.6 Å². The van der Waals surface area contributed by atoms with Crippen molar-refractivity contribution in [1.82, 2.24) is 5.43 Å². The first-order valence-electron chi connectivity index (χ1n) is 12.3. The number of anilines is 1. The summed E-state index contributed by atoms with van der Waals surface area (Å²) in [7, 11) is 0. The van der Waals surface area contributed by atoms with Gasteiger partial charge in [0.05, 0.1) is 29.0 Å². The summed E-state index contributed by atoms with van der Waals surface area (Å²) in [6, 6.07) is 12.9. The molecule has 1 aromatic heterocycles. The van der Waals surface area contributed by atoms with E-state index in [0.29, 0.717) is 34.2 Å². The molecule has 4 rings (SSSR count). The summed E-state index contributed by atoms with van der Waals surface area (Å²) in [6.07, 6.45) is 3.78. The Morgan fingerprint density at radius 1 is 1.08 bits per heavy atom. The molecule has 2 N–H and O–H groups in total. The number of hydrogen-bond donors (Lipinski definition) is 2. The summed E-state index contributed by atoms with van der Waals surface area (Å²) < 4.78 is 10.5. The van der Waals surface area contributed by atoms with E-state index in [1.165, 1.54) is 17.6 Å². The lowest BCUT2D eigenvalue weighted by Crippen LogP contribution is -2.32. The summed E-state index contributed by atoms with van der Waals surface area (Å²) in [5, 5.41) is 6.96. The number of fused-ring (bicyclic) bond motifs is 1. The molecule has 1 aliphatic carbocycles. The molecule has 202 valence electrons. The van der Waals surface area contributed by atoms with Crippen molar-refractivity contribution in [3.05, 3.63) is 80.7 Å². The molecule has 0 saturated heterocycles. The number of carbonyl (C=O) groups is 4. The van der Waals surface area contributed by atoms with Crippen LogP contribution in [0.3, 0.4) is 0 Å². The monoisotopic (exact) mass is 567 g/mol. The predicted octanol–water partition coefficient (Wildman–Crippen LogP) is 5.01. The summed E-state index contributed by atoms with van der Waals surface area (Å²) in [6.45, 7) is 4.05. The Morgan fingerprint density at radius 3 is 2.54 bits per heavy atom. The van der Waals surface area contributed by atoms with E-state index in [2.05, 4.69) is 22.8 Å². The second kappa shape index (κ2) is 12.7. The molecule has 2 amide bonds. The molecule has 0 unspecified atom stereocenters. The maximum absolute atomic E-state index is 12.6. The molecule has 0 spiro atoms. The SMILES string of the molecule is CCOC(=O)c1c(NC(=O)C(=O)N/N=C\c2ccc(OC(=O)c3ccccc3Cl)cc2)sc2c1CC[C@H](C)C2. The zero-order chi connectivity index (χ0) is 27.9. The van der Waals surface area contributed by atoms with Crippen molar-refractivity contribution in [2.75, 3.05) is 11.9 Å². The number of nitrogens with one attached hydrogen (secondary N) is 2. The lowest BCUT2D eigenvalue weighted by atomic mass is 9.88. The van der Waals surface area contributed by atoms with Crippen molar-refractivity contribution in [2.45, 2.75) is 33.1 Å². The fourth-order valence-corrected chi connectivity index (χ4v) is 5.65. The molecular weight excluding hydrogens is 542 g/mol. The zero-order valence-corrected chi connectivity index (χ0v) is 22.9. The van der Waals surface area contributed by atoms with Crippen molar-refractivity contribution in [1.29, 1.82) is 0 Å². The van der Waals surface area contributed by atoms with E-state index >= 15 is 0 Å². The van der Waals surface area contributed by atoms with E-state index in [4.69, 9.17) is 21.1 Å². The van der Waals surface area contributed by atoms with Gasteiger partial charge in [-0.1, -0.05) is 30.7 Å². The standard InChI is InChI=1S/C28H26ClN3O6S/c1-3-37-28(36)23-20-13-8-16(2)14-22(20)39-26(23)31-24(33)25(34)32-30-15-17-9-11-18(12-10-17)38-27(35)19-6-4-5-7-21(19)29/h4-7,9-12,15-16H,3,8,13-14H2,1-2H3,(H,31,33)(H,32,34)/b30-15-/t16-/m0/s1. The van der Waals surface area contributed by atoms with Gasteiger partial charge in [-0.15, -0.1) is 11.3 Å². The maximum Gasteiger partial charge on any atom is 0.345 e. The Labute approximate surface area is 234 Å². The molecule has 1 heterocycles. The Kier molecular flexibility index (Phi) is 9.11. The minimum Gasteiger partial charge on any atom is -0.462 e. The van der Waals surface area contributed by atoms with Crippen LogP contribution in [-0.4, -0.2) is 36.6 Å². The summed E-state index contributed by atoms with van der Waals surface area (Å²) in [5.74, 6) is -2.29. The smallest absolute Gasteiger partial charge is 0.345 e. The highest BCUT2D eigenvalue weighted by Gasteiger charge is 2.30. The minimum atomic E-state index is -0.994. The number of hydrazone groups is 1. The molecule has 3 aromatic rings. The Balaban J connectivity index is 1.35. The number of halogens is 1. The quantitative estimate of drug-likeness (QED) is 0.136. The molecule has 0 radical (unpaired) electrons. The number of rotatable bonds is 7. The first kappa shape index (κ1) is 28.0. The van der Waals surface area contributed by atoms with Gasteiger partial charge in [0.2, 0.25) is 0 Å². The van der Waals surface area contributed by atoms with Crippen molar-refractivity contribution in [2.24, 2.45) is 11.0 Å². The molecule has 1 atom stereocenters. The molecule has 0 saturated carbocycles. The van der Waals surface area contributed by atoms with Crippen LogP contribution in [0.4, 0.5) is 5.00 Å². The van der Waals surface area contributed by atoms with Crippen LogP contribution in [0.1, 0.15) is 57.0 Å². The lowest BCUT2D eigenvalue weighted by molar-refractivity contribution is -0.136. The lowest BCUT2D eigenvalue weighted by Gasteiger charge is -2.18. The van der Waals surface area contributed by atoms with Crippen LogP contribution < -0.4 is 15.5 Å². The van der Waals surface area contributed by atoms with Gasteiger partial charge in [-0.05, 0) is 79.6 Å². The third-order valence-electron chi connectivity index (χ3n) is 5.99. The first-order chi connectivity index (χ1) is 18.8. The number of amides is 2. The first-order valence-corrected chi connectivity index (χ1v) is 13.5. The number of hydrogen-bond acceptors (Lipinski definition) is 8. The molecule has 0 fully saturated rings. The number of benzene rings is 2. The van der Waals surface area contributed by atoms with Crippen molar-refractivity contribution in [3.8, 4) is 5.75 Å². The molecule has 0 bridgehead atoms. The van der Waals surface area contributed by atoms with E-state index in [1.807, 2.05) is 0 Å². The zero-order valence-electron chi connectivity index (χ0n) is 21.3. The van der Waals surface area contributed by atoms with Gasteiger partial charge in [0.25, 0.3) is 0 Å². The third kappa shape index (κ3) is 6.90. The molecule has 0 aliphatic heterocycles. The van der Waals surface area contributed by atoms with Gasteiger partial charge < -0.3 is 14.8 Å². The Morgan fingerprint density at radius 2 is 1.82 bits per heavy atom. The number of ether oxygens (including phenoxy) is 2. The van der Waals surface area contributed by atoms with Gasteiger partial charge in [-0.2, -0.15) is 5.10 Å². The Hall–Kier alpha value is -4.02. The molecular formula is C28H26ClN3O6S. The second-order valence-electron chi connectivity index (χ2n) is 8.87. The van der Waals surface area contributed by atoms with Gasteiger partial charge in [0.15, 0.2) is 0 Å². The van der Waals surface area contributed by atoms with Crippen molar-refractivity contribution < 1.29 is 28.7 Å². The second-order valence-corrected chi connectivity index (χ2v) is 10.4. The highest BCUT2D eigenvalue weighted by Crippen LogP contribution is 2.40. The van der Waals surface area contributed by atoms with Crippen LogP contribution >= 0.6 is 22.9 Å². The summed E-state index contributed by atoms with van der Waals surface area (Å²) in [4.78, 5) is 50.8. The topological polar surface area (TPSA) is 123 Å². The Bertz CT molecular complexity index is 1430. The summed E-state index contributed by atoms with van der Waals surface area (Å²) in [5.41, 5.74) is 4.21. The van der Waals surface area contributed by atoms with Crippen LogP contribution in [-0.2, 0) is 27.2 Å². The highest BCUT2D eigenvalue weighted by atomic mass is 35.5. The highest BCUT2D eigenvalue weighted by molar-refractivity contribution is 7.17. The fraction of sp³-hybridized carbons (Fsp3) is 0.250. The van der Waals surface area contributed by atoms with Gasteiger partial charge in [0.1, 0.15) is 10.8 Å². The molecule has 1 aliphatic rings. The van der Waals surface area contributed by atoms with Crippen LogP contribution in [0, 0.1) is 5.92 Å². The molecule has 2 aromatic carbocycles. The average molecular weight is 568 g/mol. The minimum absolute atomic E-state index is 0.202. The molecule has 11 heteroatoms. The van der Waals surface area contributed by atoms with Gasteiger partial charge in [-0.3, -0.25) is 9.59 Å². The average Bonchev–Trinajstić information content (AvgIpc) is 3.26. The number of esters is 2. The van der Waals surface area contributed by atoms with Gasteiger partial charge in [-0.25, -0.2) is 15.0 Å². The van der Waals surface area contributed by atoms with E-state index in [9.17, 15) is 19.2 Å². The van der Waals surface area contributed by atoms with E-state index in [-0.39, 0.29) is 17.2 Å². The van der Waals surface area contributed by atoms with Gasteiger partial charge >= 0.3 is 23.8 Å². The van der Waals surface area contributed by atoms with Gasteiger partial charge in [0, 0.05) is 4.88 Å². The number of nitrogens with zero attached hydrogens (tertiary/aromatic N) is 1. The maximum atomic E-state index is 12.6. The summed E-state index contributed by atoms with van der Waals surface area (Å²) >= 11 is 7.32. The van der Waals surface area contributed by atoms with Crippen molar-refractivity contribution >= 4 is 57.9 Å². The largest absolute Gasteiger partial charge is 0.462 e. The molecule has 9 nitrogen and oxygen atoms in total. The van der Waals surface area contributed by atoms with E-state index < -0.39 is 23.8 Å². The fourth-order valence-electron chi connectivity index (χ4n) is 4.04. The number of carbonyl (C=O) groups excluding carboxylic acids is 4. The van der Waals surface area contributed by atoms with E-state index in [0.717, 1.165) is 23.3 Å². The van der Waals surface area contributed by atoms with Crippen LogP contribution in [0.5, 0.6) is 5.75 Å². The van der Waals surface area contributed by atoms with Crippen LogP contribution in [0.2, 0.25) is 5.02 Å². The molecule has 39 heavy (non-hydrogen) atoms. The predicted molar refractivity (Wildman–Crippen MR) is 149 cm³/mol. The normalized spacial score (nSPS) is 14.4. The van der Waals surface area contributed by atoms with Crippen molar-refractivity contribution in [3.63, 3.8) is 0 Å².